The van der Waals surface area contributed by atoms with E-state index in [0.717, 1.165) is 30.5 Å². The maximum atomic E-state index is 11.0. The average Bonchev–Trinajstić information content (AvgIpc) is 2.94. The first-order valence-corrected chi connectivity index (χ1v) is 7.83. The third kappa shape index (κ3) is 4.28. The molecule has 0 radical (unpaired) electrons. The predicted octanol–water partition coefficient (Wildman–Crippen LogP) is 0.181. The molecule has 0 aliphatic carbocycles. The summed E-state index contributed by atoms with van der Waals surface area (Å²) in [5, 5.41) is 8.19. The van der Waals surface area contributed by atoms with Gasteiger partial charge in [0, 0.05) is 31.6 Å². The number of nitrogens with zero attached hydrogens (tertiary/aromatic N) is 3. The molecule has 7 nitrogen and oxygen atoms in total. The summed E-state index contributed by atoms with van der Waals surface area (Å²) in [6.07, 6.45) is 1.93. The number of likely N-dealkylation sites (N-methyl/N-ethyl adjacent to an activating group) is 1. The van der Waals surface area contributed by atoms with E-state index in [-0.39, 0.29) is 18.6 Å². The number of morpholine rings is 1. The summed E-state index contributed by atoms with van der Waals surface area (Å²) in [5.41, 5.74) is 7.55. The van der Waals surface area contributed by atoms with E-state index in [4.69, 9.17) is 10.5 Å². The van der Waals surface area contributed by atoms with Gasteiger partial charge in [-0.05, 0) is 18.7 Å². The van der Waals surface area contributed by atoms with E-state index in [9.17, 15) is 4.79 Å². The Morgan fingerprint density at radius 1 is 1.57 bits per heavy atom. The van der Waals surface area contributed by atoms with Crippen LogP contribution in [0.3, 0.4) is 0 Å². The summed E-state index contributed by atoms with van der Waals surface area (Å²) in [6.45, 7) is 4.33. The van der Waals surface area contributed by atoms with Crippen molar-refractivity contribution >= 4 is 16.8 Å². The lowest BCUT2D eigenvalue weighted by Crippen LogP contribution is -2.47. The van der Waals surface area contributed by atoms with Gasteiger partial charge >= 0.3 is 0 Å². The molecular weight excluding hydrogens is 294 g/mol. The van der Waals surface area contributed by atoms with Crippen LogP contribution in [0.5, 0.6) is 0 Å². The summed E-state index contributed by atoms with van der Waals surface area (Å²) >= 11 is 0. The number of nitrogens with one attached hydrogen (secondary N) is 1. The number of hydrogen-bond donors (Lipinski definition) is 2. The Balaban J connectivity index is 1.56. The molecule has 1 aliphatic rings. The fourth-order valence-electron chi connectivity index (χ4n) is 3.05. The summed E-state index contributed by atoms with van der Waals surface area (Å²) < 4.78 is 5.80. The number of hydrogen-bond acceptors (Lipinski definition) is 5. The predicted molar refractivity (Wildman–Crippen MR) is 87.8 cm³/mol. The van der Waals surface area contributed by atoms with Crippen LogP contribution >= 0.6 is 0 Å². The van der Waals surface area contributed by atoms with Crippen LogP contribution < -0.4 is 5.73 Å². The van der Waals surface area contributed by atoms with Crippen LogP contribution in [0.1, 0.15) is 5.56 Å². The van der Waals surface area contributed by atoms with Gasteiger partial charge in [-0.25, -0.2) is 0 Å². The largest absolute Gasteiger partial charge is 0.374 e. The van der Waals surface area contributed by atoms with Crippen LogP contribution in [-0.2, 0) is 16.1 Å². The maximum absolute atomic E-state index is 11.0. The van der Waals surface area contributed by atoms with Crippen molar-refractivity contribution in [2.75, 3.05) is 39.8 Å². The highest BCUT2D eigenvalue weighted by atomic mass is 16.5. The molecule has 1 saturated heterocycles. The van der Waals surface area contributed by atoms with Gasteiger partial charge in [0.05, 0.1) is 31.0 Å². The van der Waals surface area contributed by atoms with Gasteiger partial charge in [0.25, 0.3) is 0 Å². The van der Waals surface area contributed by atoms with E-state index in [0.29, 0.717) is 13.2 Å². The molecule has 2 heterocycles. The molecule has 0 unspecified atom stereocenters. The normalized spacial score (nSPS) is 19.5. The first-order chi connectivity index (χ1) is 11.1. The van der Waals surface area contributed by atoms with Crippen LogP contribution in [0, 0.1) is 0 Å². The Morgan fingerprint density at radius 3 is 3.26 bits per heavy atom. The number of amides is 1. The smallest absolute Gasteiger partial charge is 0.231 e. The molecule has 1 amide bonds. The number of ether oxygens (including phenoxy) is 1. The fourth-order valence-corrected chi connectivity index (χ4v) is 3.05. The molecule has 3 rings (SSSR count). The molecule has 3 N–H and O–H groups in total. The first kappa shape index (κ1) is 15.9. The van der Waals surface area contributed by atoms with E-state index in [1.807, 2.05) is 18.1 Å². The van der Waals surface area contributed by atoms with Crippen LogP contribution in [0.25, 0.3) is 10.9 Å². The molecule has 1 aromatic heterocycles. The second-order valence-corrected chi connectivity index (χ2v) is 6.18. The van der Waals surface area contributed by atoms with Crippen molar-refractivity contribution in [3.63, 3.8) is 0 Å². The van der Waals surface area contributed by atoms with Gasteiger partial charge in [0.1, 0.15) is 0 Å². The highest BCUT2D eigenvalue weighted by molar-refractivity contribution is 5.78. The summed E-state index contributed by atoms with van der Waals surface area (Å²) in [5.74, 6) is -0.312. The lowest BCUT2D eigenvalue weighted by Gasteiger charge is -2.34. The van der Waals surface area contributed by atoms with Crippen molar-refractivity contribution in [1.29, 1.82) is 0 Å². The molecule has 1 aromatic carbocycles. The average molecular weight is 317 g/mol. The van der Waals surface area contributed by atoms with Crippen LogP contribution in [0.15, 0.2) is 24.4 Å². The molecule has 124 valence electrons. The van der Waals surface area contributed by atoms with Crippen LogP contribution in [-0.4, -0.2) is 71.8 Å². The maximum Gasteiger partial charge on any atom is 0.231 e. The Bertz CT molecular complexity index is 671. The fraction of sp³-hybridized carbons (Fsp3) is 0.500. The van der Waals surface area contributed by atoms with Gasteiger partial charge in [-0.1, -0.05) is 12.1 Å². The van der Waals surface area contributed by atoms with Crippen molar-refractivity contribution in [1.82, 2.24) is 20.0 Å². The Morgan fingerprint density at radius 2 is 2.43 bits per heavy atom. The molecule has 23 heavy (non-hydrogen) atoms. The van der Waals surface area contributed by atoms with Crippen molar-refractivity contribution < 1.29 is 9.53 Å². The molecule has 1 atom stereocenters. The Kier molecular flexibility index (Phi) is 4.90. The minimum Gasteiger partial charge on any atom is -0.374 e. The third-order valence-corrected chi connectivity index (χ3v) is 4.08. The molecule has 0 saturated carbocycles. The van der Waals surface area contributed by atoms with Gasteiger partial charge in [-0.2, -0.15) is 5.10 Å². The number of primary amides is 1. The summed E-state index contributed by atoms with van der Waals surface area (Å²) in [6, 6.07) is 6.38. The minimum atomic E-state index is -0.312. The van der Waals surface area contributed by atoms with Crippen molar-refractivity contribution in [2.45, 2.75) is 12.6 Å². The van der Waals surface area contributed by atoms with Crippen molar-refractivity contribution in [3.8, 4) is 0 Å². The second-order valence-electron chi connectivity index (χ2n) is 6.18. The monoisotopic (exact) mass is 317 g/mol. The highest BCUT2D eigenvalue weighted by Crippen LogP contribution is 2.16. The second kappa shape index (κ2) is 7.08. The van der Waals surface area contributed by atoms with Gasteiger partial charge in [0.15, 0.2) is 0 Å². The zero-order valence-electron chi connectivity index (χ0n) is 13.4. The van der Waals surface area contributed by atoms with Crippen LogP contribution in [0.4, 0.5) is 0 Å². The number of benzene rings is 1. The number of fused-ring (bicyclic) bond motifs is 1. The number of nitrogens with two attached hydrogens (primary N) is 1. The SMILES string of the molecule is CN(CC(N)=O)C[C@@H]1CN(Cc2ccc3cn[nH]c3c2)CCO1. The van der Waals surface area contributed by atoms with E-state index in [1.165, 1.54) is 5.56 Å². The molecule has 1 aliphatic heterocycles. The standard InChI is InChI=1S/C16H23N5O2/c1-20(11-16(17)22)9-14-10-21(4-5-23-14)8-12-2-3-13-7-18-19-15(13)6-12/h2-3,6-7,14H,4-5,8-11H2,1H3,(H2,17,22)(H,18,19)/t14-/m1/s1. The number of carbonyl (C=O) groups excluding carboxylic acids is 1. The molecular formula is C16H23N5O2. The van der Waals surface area contributed by atoms with Gasteiger partial charge in [-0.3, -0.25) is 19.7 Å². The number of aromatic nitrogens is 2. The third-order valence-electron chi connectivity index (χ3n) is 4.08. The number of H-pyrrole nitrogens is 1. The molecule has 2 aromatic rings. The van der Waals surface area contributed by atoms with E-state index < -0.39 is 0 Å². The number of rotatable bonds is 6. The Labute approximate surface area is 135 Å². The van der Waals surface area contributed by atoms with Crippen LogP contribution in [0.2, 0.25) is 0 Å². The molecule has 0 spiro atoms. The van der Waals surface area contributed by atoms with Crippen molar-refractivity contribution in [2.24, 2.45) is 5.73 Å². The highest BCUT2D eigenvalue weighted by Gasteiger charge is 2.22. The van der Waals surface area contributed by atoms with Crippen molar-refractivity contribution in [3.05, 3.63) is 30.0 Å². The zero-order chi connectivity index (χ0) is 16.2. The summed E-state index contributed by atoms with van der Waals surface area (Å²) in [7, 11) is 1.89. The topological polar surface area (TPSA) is 87.5 Å². The lowest BCUT2D eigenvalue weighted by molar-refractivity contribution is -0.119. The van der Waals surface area contributed by atoms with E-state index >= 15 is 0 Å². The van der Waals surface area contributed by atoms with E-state index in [1.54, 1.807) is 0 Å². The zero-order valence-corrected chi connectivity index (χ0v) is 13.4. The first-order valence-electron chi connectivity index (χ1n) is 7.83. The molecule has 7 heteroatoms. The molecule has 1 fully saturated rings. The van der Waals surface area contributed by atoms with Gasteiger partial charge in [-0.15, -0.1) is 0 Å². The number of aromatic amines is 1. The van der Waals surface area contributed by atoms with E-state index in [2.05, 4.69) is 33.3 Å². The number of carbonyl (C=O) groups is 1. The van der Waals surface area contributed by atoms with Gasteiger partial charge in [0.2, 0.25) is 5.91 Å². The molecule has 0 bridgehead atoms. The lowest BCUT2D eigenvalue weighted by atomic mass is 10.1. The quantitative estimate of drug-likeness (QED) is 0.794. The minimum absolute atomic E-state index is 0.101. The Hall–Kier alpha value is -1.96. The van der Waals surface area contributed by atoms with Gasteiger partial charge < -0.3 is 10.5 Å². The summed E-state index contributed by atoms with van der Waals surface area (Å²) in [4.78, 5) is 15.3.